The first kappa shape index (κ1) is 24.7. The van der Waals surface area contributed by atoms with Gasteiger partial charge in [0.05, 0.1) is 40.9 Å². The summed E-state index contributed by atoms with van der Waals surface area (Å²) in [4.78, 5) is 1.45. The van der Waals surface area contributed by atoms with Crippen LogP contribution in [0.4, 0.5) is 13.2 Å². The van der Waals surface area contributed by atoms with Gasteiger partial charge in [-0.05, 0) is 31.0 Å². The molecular formula is C19H26ClF3N2O5S. The number of β-amino-alcohol motifs (C(OH)–C–C–N with tert-alkyl or cyclic N) is 1. The number of rotatable bonds is 8. The third-order valence-corrected chi connectivity index (χ3v) is 7.54. The molecule has 2 fully saturated rings. The van der Waals surface area contributed by atoms with E-state index in [1.165, 1.54) is 0 Å². The molecule has 176 valence electrons. The summed E-state index contributed by atoms with van der Waals surface area (Å²) in [6, 6.07) is 2.59. The second-order valence-corrected chi connectivity index (χ2v) is 10.0. The Balaban J connectivity index is 1.50. The fourth-order valence-corrected chi connectivity index (χ4v) is 5.32. The summed E-state index contributed by atoms with van der Waals surface area (Å²) < 4.78 is 76.9. The van der Waals surface area contributed by atoms with Crippen molar-refractivity contribution in [1.82, 2.24) is 9.21 Å². The molecule has 0 spiro atoms. The van der Waals surface area contributed by atoms with Gasteiger partial charge in [-0.2, -0.15) is 17.5 Å². The lowest BCUT2D eigenvalue weighted by Gasteiger charge is -2.35. The molecule has 2 heterocycles. The number of sulfonamides is 1. The molecule has 2 saturated heterocycles. The maximum absolute atomic E-state index is 13.1. The van der Waals surface area contributed by atoms with Gasteiger partial charge < -0.3 is 14.6 Å². The number of nitrogens with zero attached hydrogens (tertiary/aromatic N) is 2. The van der Waals surface area contributed by atoms with E-state index >= 15 is 0 Å². The Morgan fingerprint density at radius 1 is 1.26 bits per heavy atom. The van der Waals surface area contributed by atoms with Crippen molar-refractivity contribution in [2.24, 2.45) is 0 Å². The fraction of sp³-hybridized carbons (Fsp3) is 0.684. The molecular weight excluding hydrogens is 461 g/mol. The zero-order valence-electron chi connectivity index (χ0n) is 16.9. The molecule has 2 atom stereocenters. The summed E-state index contributed by atoms with van der Waals surface area (Å²) in [6.45, 7) is 2.55. The zero-order chi connectivity index (χ0) is 22.6. The third kappa shape index (κ3) is 6.53. The summed E-state index contributed by atoms with van der Waals surface area (Å²) in [6.07, 6.45) is -3.44. The Kier molecular flexibility index (Phi) is 8.22. The van der Waals surface area contributed by atoms with Crippen LogP contribution in [0.25, 0.3) is 0 Å². The molecule has 0 radical (unpaired) electrons. The minimum Gasteiger partial charge on any atom is -0.389 e. The van der Waals surface area contributed by atoms with Crippen molar-refractivity contribution in [1.29, 1.82) is 0 Å². The molecule has 1 aromatic rings. The van der Waals surface area contributed by atoms with Crippen molar-refractivity contribution in [3.8, 4) is 0 Å². The second kappa shape index (κ2) is 10.3. The molecule has 0 aliphatic carbocycles. The lowest BCUT2D eigenvalue weighted by atomic mass is 10.2. The number of alkyl halides is 3. The molecule has 0 aromatic heterocycles. The van der Waals surface area contributed by atoms with E-state index in [0.29, 0.717) is 32.3 Å². The van der Waals surface area contributed by atoms with Gasteiger partial charge in [0.2, 0.25) is 10.0 Å². The van der Waals surface area contributed by atoms with Crippen LogP contribution < -0.4 is 0 Å². The highest BCUT2D eigenvalue weighted by Gasteiger charge is 2.36. The summed E-state index contributed by atoms with van der Waals surface area (Å²) in [5.74, 6) is 0. The van der Waals surface area contributed by atoms with Crippen LogP contribution in [-0.2, 0) is 25.7 Å². The van der Waals surface area contributed by atoms with E-state index < -0.39 is 37.8 Å². The van der Waals surface area contributed by atoms with Crippen molar-refractivity contribution < 1.29 is 36.2 Å². The van der Waals surface area contributed by atoms with Crippen molar-refractivity contribution in [3.05, 3.63) is 28.8 Å². The minimum atomic E-state index is -4.75. The molecule has 2 aliphatic heterocycles. The number of hydrogen-bond donors (Lipinski definition) is 1. The quantitative estimate of drug-likeness (QED) is 0.607. The van der Waals surface area contributed by atoms with Crippen molar-refractivity contribution in [2.75, 3.05) is 52.5 Å². The molecule has 0 amide bonds. The predicted molar refractivity (Wildman–Crippen MR) is 107 cm³/mol. The number of aliphatic hydroxyl groups is 1. The lowest BCUT2D eigenvalue weighted by Crippen LogP contribution is -2.50. The van der Waals surface area contributed by atoms with Crippen LogP contribution in [-0.4, -0.2) is 87.5 Å². The highest BCUT2D eigenvalue weighted by molar-refractivity contribution is 7.89. The van der Waals surface area contributed by atoms with E-state index in [0.717, 1.165) is 35.9 Å². The number of benzene rings is 1. The van der Waals surface area contributed by atoms with Crippen LogP contribution in [0, 0.1) is 0 Å². The maximum atomic E-state index is 13.1. The summed E-state index contributed by atoms with van der Waals surface area (Å²) in [5, 5.41) is 9.60. The van der Waals surface area contributed by atoms with E-state index in [1.807, 2.05) is 4.90 Å². The zero-order valence-corrected chi connectivity index (χ0v) is 18.4. The monoisotopic (exact) mass is 486 g/mol. The highest BCUT2D eigenvalue weighted by Crippen LogP contribution is 2.36. The van der Waals surface area contributed by atoms with Crippen LogP contribution in [0.1, 0.15) is 18.4 Å². The number of halogens is 4. The van der Waals surface area contributed by atoms with E-state index in [-0.39, 0.29) is 25.8 Å². The summed E-state index contributed by atoms with van der Waals surface area (Å²) in [5.41, 5.74) is -1.18. The number of hydrogen-bond acceptors (Lipinski definition) is 6. The Labute approximate surface area is 184 Å². The van der Waals surface area contributed by atoms with Gasteiger partial charge in [-0.15, -0.1) is 0 Å². The first-order chi connectivity index (χ1) is 14.6. The molecule has 0 unspecified atom stereocenters. The van der Waals surface area contributed by atoms with E-state index in [9.17, 15) is 26.7 Å². The molecule has 31 heavy (non-hydrogen) atoms. The molecule has 0 bridgehead atoms. The molecule has 12 heteroatoms. The smallest absolute Gasteiger partial charge is 0.389 e. The predicted octanol–water partition coefficient (Wildman–Crippen LogP) is 2.22. The number of ether oxygens (including phenoxy) is 2. The van der Waals surface area contributed by atoms with Gasteiger partial charge in [-0.3, -0.25) is 4.90 Å². The Morgan fingerprint density at radius 2 is 1.97 bits per heavy atom. The average molecular weight is 487 g/mol. The molecule has 0 saturated carbocycles. The van der Waals surface area contributed by atoms with Crippen LogP contribution in [0.5, 0.6) is 0 Å². The van der Waals surface area contributed by atoms with Gasteiger partial charge in [0.25, 0.3) is 0 Å². The molecule has 1 aromatic carbocycles. The maximum Gasteiger partial charge on any atom is 0.417 e. The lowest BCUT2D eigenvalue weighted by molar-refractivity contribution is -0.137. The standard InChI is InChI=1S/C19H26ClF3N2O5S/c20-18-4-3-16(10-17(18)19(21,22)23)31(27,28)25-7-5-24(6-8-25)11-14(26)12-29-13-15-2-1-9-30-15/h3-4,10,14-15,26H,1-2,5-9,11-13H2/t14-,15+/m0/s1. The second-order valence-electron chi connectivity index (χ2n) is 7.67. The van der Waals surface area contributed by atoms with Crippen LogP contribution in [0.15, 0.2) is 23.1 Å². The van der Waals surface area contributed by atoms with E-state index in [4.69, 9.17) is 21.1 Å². The fourth-order valence-electron chi connectivity index (χ4n) is 3.65. The Bertz CT molecular complexity index is 841. The van der Waals surface area contributed by atoms with Crippen molar-refractivity contribution in [2.45, 2.75) is 36.1 Å². The minimum absolute atomic E-state index is 0.0756. The molecule has 2 aliphatic rings. The summed E-state index contributed by atoms with van der Waals surface area (Å²) >= 11 is 5.58. The van der Waals surface area contributed by atoms with Gasteiger partial charge in [0, 0.05) is 39.3 Å². The van der Waals surface area contributed by atoms with Gasteiger partial charge in [0.1, 0.15) is 0 Å². The topological polar surface area (TPSA) is 79.3 Å². The van der Waals surface area contributed by atoms with Gasteiger partial charge >= 0.3 is 6.18 Å². The molecule has 1 N–H and O–H groups in total. The van der Waals surface area contributed by atoms with Gasteiger partial charge in [0.15, 0.2) is 0 Å². The van der Waals surface area contributed by atoms with Crippen molar-refractivity contribution in [3.63, 3.8) is 0 Å². The highest BCUT2D eigenvalue weighted by atomic mass is 35.5. The van der Waals surface area contributed by atoms with Gasteiger partial charge in [-0.25, -0.2) is 8.42 Å². The Morgan fingerprint density at radius 3 is 2.58 bits per heavy atom. The van der Waals surface area contributed by atoms with Gasteiger partial charge in [-0.1, -0.05) is 11.6 Å². The average Bonchev–Trinajstić information content (AvgIpc) is 3.21. The number of aliphatic hydroxyl groups excluding tert-OH is 1. The molecule has 3 rings (SSSR count). The Hall–Kier alpha value is -0.950. The van der Waals surface area contributed by atoms with Crippen LogP contribution in [0.2, 0.25) is 5.02 Å². The van der Waals surface area contributed by atoms with Crippen molar-refractivity contribution >= 4 is 21.6 Å². The SMILES string of the molecule is O=S(=O)(c1ccc(Cl)c(C(F)(F)F)c1)N1CCN(C[C@H](O)COC[C@H]2CCCO2)CC1. The van der Waals surface area contributed by atoms with E-state index in [2.05, 4.69) is 0 Å². The van der Waals surface area contributed by atoms with Crippen LogP contribution in [0.3, 0.4) is 0 Å². The first-order valence-electron chi connectivity index (χ1n) is 10.0. The first-order valence-corrected chi connectivity index (χ1v) is 11.9. The molecule has 7 nitrogen and oxygen atoms in total. The summed E-state index contributed by atoms with van der Waals surface area (Å²) in [7, 11) is -4.09. The number of piperazine rings is 1. The largest absolute Gasteiger partial charge is 0.417 e. The van der Waals surface area contributed by atoms with Crippen LogP contribution >= 0.6 is 11.6 Å². The third-order valence-electron chi connectivity index (χ3n) is 5.32. The van der Waals surface area contributed by atoms with E-state index in [1.54, 1.807) is 0 Å². The normalized spacial score (nSPS) is 22.7.